The molecule has 2 fully saturated rings. The van der Waals surface area contributed by atoms with Gasteiger partial charge in [-0.2, -0.15) is 0 Å². The van der Waals surface area contributed by atoms with E-state index in [1.54, 1.807) is 6.92 Å². The monoisotopic (exact) mass is 307 g/mol. The fourth-order valence-electron chi connectivity index (χ4n) is 2.72. The van der Waals surface area contributed by atoms with Crippen LogP contribution in [-0.2, 0) is 25.5 Å². The highest BCUT2D eigenvalue weighted by Crippen LogP contribution is 2.37. The number of esters is 1. The molecular weight excluding hydrogens is 290 g/mol. The van der Waals surface area contributed by atoms with Crippen molar-refractivity contribution >= 4 is 23.4 Å². The number of rotatable bonds is 5. The summed E-state index contributed by atoms with van der Waals surface area (Å²) in [4.78, 5) is 14.1. The first-order chi connectivity index (χ1) is 10.2. The Kier molecular flexibility index (Phi) is 4.07. The largest absolute Gasteiger partial charge is 0.465 e. The van der Waals surface area contributed by atoms with Crippen molar-refractivity contribution in [3.63, 3.8) is 0 Å². The van der Waals surface area contributed by atoms with Crippen molar-refractivity contribution in [3.05, 3.63) is 35.9 Å². The van der Waals surface area contributed by atoms with E-state index in [0.29, 0.717) is 19.8 Å². The minimum atomic E-state index is -0.278. The second kappa shape index (κ2) is 5.99. The molecule has 0 saturated carbocycles. The number of hydrogen-bond acceptors (Lipinski definition) is 6. The lowest BCUT2D eigenvalue weighted by molar-refractivity contribution is -0.143. The van der Waals surface area contributed by atoms with Gasteiger partial charge in [0.25, 0.3) is 0 Å². The topological polar surface area (TPSA) is 47.8 Å². The van der Waals surface area contributed by atoms with Gasteiger partial charge in [-0.15, -0.1) is 0 Å². The van der Waals surface area contributed by atoms with Crippen LogP contribution in [0.3, 0.4) is 0 Å². The maximum absolute atomic E-state index is 12.1. The van der Waals surface area contributed by atoms with Gasteiger partial charge in [-0.1, -0.05) is 30.3 Å². The normalized spacial score (nSPS) is 30.4. The molecule has 1 aromatic rings. The van der Waals surface area contributed by atoms with Crippen LogP contribution in [0.5, 0.6) is 0 Å². The summed E-state index contributed by atoms with van der Waals surface area (Å²) in [7, 11) is 0. The molecule has 0 radical (unpaired) electrons. The first-order valence-electron chi connectivity index (χ1n) is 7.00. The molecule has 2 saturated heterocycles. The average molecular weight is 307 g/mol. The van der Waals surface area contributed by atoms with E-state index in [1.807, 2.05) is 30.3 Å². The second-order valence-electron chi connectivity index (χ2n) is 5.06. The van der Waals surface area contributed by atoms with Gasteiger partial charge in [0, 0.05) is 18.8 Å². The highest BCUT2D eigenvalue weighted by molar-refractivity contribution is 7.79. The van der Waals surface area contributed by atoms with Gasteiger partial charge >= 0.3 is 11.2 Å². The molecule has 1 aromatic carbocycles. The second-order valence-corrected chi connectivity index (χ2v) is 5.40. The van der Waals surface area contributed by atoms with Crippen molar-refractivity contribution in [1.82, 2.24) is 4.90 Å². The lowest BCUT2D eigenvalue weighted by atomic mass is 10.2. The third-order valence-electron chi connectivity index (χ3n) is 3.70. The lowest BCUT2D eigenvalue weighted by Gasteiger charge is -2.07. The Morgan fingerprint density at radius 1 is 1.43 bits per heavy atom. The highest BCUT2D eigenvalue weighted by atomic mass is 32.1. The van der Waals surface area contributed by atoms with Crippen LogP contribution in [0.4, 0.5) is 0 Å². The lowest BCUT2D eigenvalue weighted by Crippen LogP contribution is -2.24. The van der Waals surface area contributed by atoms with Crippen molar-refractivity contribution in [1.29, 1.82) is 0 Å². The van der Waals surface area contributed by atoms with Crippen LogP contribution in [0.1, 0.15) is 12.5 Å². The Balaban J connectivity index is 1.70. The van der Waals surface area contributed by atoms with Crippen LogP contribution < -0.4 is 0 Å². The van der Waals surface area contributed by atoms with E-state index in [4.69, 9.17) is 26.4 Å². The van der Waals surface area contributed by atoms with Gasteiger partial charge in [0.15, 0.2) is 6.10 Å². The molecule has 112 valence electrons. The number of carbonyl (C=O) groups excluding carboxylic acids is 1. The SMILES string of the molecule is CCOC(=O)[C@H]1[C@H](C2COC(=S)O2)N1Cc1ccccc1. The van der Waals surface area contributed by atoms with Crippen LogP contribution >= 0.6 is 12.2 Å². The van der Waals surface area contributed by atoms with Crippen LogP contribution in [0, 0.1) is 0 Å². The molecule has 0 spiro atoms. The zero-order valence-electron chi connectivity index (χ0n) is 11.7. The minimum Gasteiger partial charge on any atom is -0.465 e. The van der Waals surface area contributed by atoms with Gasteiger partial charge in [-0.05, 0) is 12.5 Å². The van der Waals surface area contributed by atoms with E-state index < -0.39 is 0 Å². The van der Waals surface area contributed by atoms with E-state index in [1.165, 1.54) is 0 Å². The Bertz CT molecular complexity index is 536. The maximum atomic E-state index is 12.1. The summed E-state index contributed by atoms with van der Waals surface area (Å²) in [5, 5.41) is 0.161. The van der Waals surface area contributed by atoms with Gasteiger partial charge in [0.1, 0.15) is 12.6 Å². The molecule has 3 rings (SSSR count). The van der Waals surface area contributed by atoms with Gasteiger partial charge < -0.3 is 14.2 Å². The molecule has 0 amide bonds. The number of carbonyl (C=O) groups is 1. The number of ether oxygens (including phenoxy) is 3. The van der Waals surface area contributed by atoms with Crippen molar-refractivity contribution in [3.8, 4) is 0 Å². The summed E-state index contributed by atoms with van der Waals surface area (Å²) in [5.41, 5.74) is 1.15. The third-order valence-corrected chi connectivity index (χ3v) is 3.92. The quantitative estimate of drug-likeness (QED) is 0.467. The van der Waals surface area contributed by atoms with E-state index in [2.05, 4.69) is 4.90 Å². The van der Waals surface area contributed by atoms with Crippen LogP contribution in [0.2, 0.25) is 0 Å². The first-order valence-corrected chi connectivity index (χ1v) is 7.41. The highest BCUT2D eigenvalue weighted by Gasteiger charge is 2.59. The summed E-state index contributed by atoms with van der Waals surface area (Å²) in [5.74, 6) is -0.208. The molecule has 4 atom stereocenters. The standard InChI is InChI=1S/C15H17NO4S/c1-2-18-14(17)13-12(11-9-19-15(21)20-11)16(13)8-10-6-4-3-5-7-10/h3-7,11-13H,2,8-9H2,1H3/t11?,12-,13+,16?/m0/s1. The maximum Gasteiger partial charge on any atom is 0.352 e. The summed E-state index contributed by atoms with van der Waals surface area (Å²) >= 11 is 4.89. The fourth-order valence-corrected chi connectivity index (χ4v) is 2.92. The smallest absolute Gasteiger partial charge is 0.352 e. The molecule has 2 heterocycles. The molecule has 0 aliphatic carbocycles. The Labute approximate surface area is 128 Å². The fraction of sp³-hybridized carbons (Fsp3) is 0.467. The number of thiocarbonyl (C=S) groups is 1. The summed E-state index contributed by atoms with van der Waals surface area (Å²) in [6, 6.07) is 9.69. The summed E-state index contributed by atoms with van der Waals surface area (Å²) < 4.78 is 15.8. The van der Waals surface area contributed by atoms with E-state index in [-0.39, 0.29) is 29.4 Å². The summed E-state index contributed by atoms with van der Waals surface area (Å²) in [6.45, 7) is 3.26. The molecule has 0 N–H and O–H groups in total. The van der Waals surface area contributed by atoms with E-state index in [0.717, 1.165) is 5.56 Å². The minimum absolute atomic E-state index is 0.0373. The Morgan fingerprint density at radius 2 is 2.19 bits per heavy atom. The summed E-state index contributed by atoms with van der Waals surface area (Å²) in [6.07, 6.45) is -0.199. The average Bonchev–Trinajstić information content (AvgIpc) is 3.02. The predicted octanol–water partition coefficient (Wildman–Crippen LogP) is 1.50. The predicted molar refractivity (Wildman–Crippen MR) is 79.6 cm³/mol. The molecule has 0 bridgehead atoms. The number of nitrogens with zero attached hydrogens (tertiary/aromatic N) is 1. The molecule has 2 aliphatic rings. The Hall–Kier alpha value is -1.66. The van der Waals surface area contributed by atoms with E-state index in [9.17, 15) is 4.79 Å². The molecule has 21 heavy (non-hydrogen) atoms. The van der Waals surface area contributed by atoms with Crippen molar-refractivity contribution in [2.45, 2.75) is 31.7 Å². The van der Waals surface area contributed by atoms with Gasteiger partial charge in [-0.25, -0.2) is 0 Å². The first kappa shape index (κ1) is 14.3. The van der Waals surface area contributed by atoms with Gasteiger partial charge in [-0.3, -0.25) is 9.69 Å². The van der Waals surface area contributed by atoms with E-state index >= 15 is 0 Å². The number of benzene rings is 1. The van der Waals surface area contributed by atoms with Crippen molar-refractivity contribution in [2.75, 3.05) is 13.2 Å². The molecule has 2 unspecified atom stereocenters. The van der Waals surface area contributed by atoms with Gasteiger partial charge in [0.05, 0.1) is 12.6 Å². The zero-order valence-corrected chi connectivity index (χ0v) is 12.5. The van der Waals surface area contributed by atoms with Crippen LogP contribution in [-0.4, -0.2) is 47.5 Å². The Morgan fingerprint density at radius 3 is 2.81 bits per heavy atom. The number of hydrogen-bond donors (Lipinski definition) is 0. The molecular formula is C15H17NO4S. The van der Waals surface area contributed by atoms with Crippen molar-refractivity contribution < 1.29 is 19.0 Å². The molecule has 2 aliphatic heterocycles. The molecule has 6 heteroatoms. The molecule has 0 aromatic heterocycles. The van der Waals surface area contributed by atoms with Crippen molar-refractivity contribution in [2.24, 2.45) is 0 Å². The van der Waals surface area contributed by atoms with Crippen LogP contribution in [0.15, 0.2) is 30.3 Å². The van der Waals surface area contributed by atoms with Crippen LogP contribution in [0.25, 0.3) is 0 Å². The third kappa shape index (κ3) is 3.01. The molecule has 5 nitrogen and oxygen atoms in total. The zero-order chi connectivity index (χ0) is 14.8. The van der Waals surface area contributed by atoms with Gasteiger partial charge in [0.2, 0.25) is 0 Å².